The van der Waals surface area contributed by atoms with E-state index < -0.39 is 0 Å². The van der Waals surface area contributed by atoms with Gasteiger partial charge in [0.05, 0.1) is 11.8 Å². The van der Waals surface area contributed by atoms with Crippen molar-refractivity contribution in [3.8, 4) is 0 Å². The van der Waals surface area contributed by atoms with Crippen molar-refractivity contribution >= 4 is 5.78 Å². The largest absolute Gasteiger partial charge is 0.466 e. The fourth-order valence-electron chi connectivity index (χ4n) is 1.66. The molecule has 3 heteroatoms. The molecule has 0 amide bonds. The second kappa shape index (κ2) is 3.42. The number of aryl methyl sites for hydroxylation is 2. The molecule has 0 N–H and O–H groups in total. The number of hydrogen-bond acceptors (Lipinski definition) is 3. The van der Waals surface area contributed by atoms with Gasteiger partial charge in [-0.3, -0.25) is 4.79 Å². The predicted molar refractivity (Wildman–Crippen MR) is 55.1 cm³/mol. The van der Waals surface area contributed by atoms with E-state index in [1.165, 1.54) is 6.26 Å². The zero-order valence-electron chi connectivity index (χ0n) is 8.96. The summed E-state index contributed by atoms with van der Waals surface area (Å²) >= 11 is 0. The van der Waals surface area contributed by atoms with Crippen molar-refractivity contribution in [1.82, 2.24) is 0 Å². The Bertz CT molecular complexity index is 489. The fraction of sp³-hybridized carbons (Fsp3) is 0.250. The molecule has 2 rings (SSSR count). The lowest BCUT2D eigenvalue weighted by molar-refractivity contribution is 0.101. The highest BCUT2D eigenvalue weighted by Crippen LogP contribution is 2.23. The zero-order chi connectivity index (χ0) is 11.0. The van der Waals surface area contributed by atoms with E-state index in [9.17, 15) is 4.79 Å². The Morgan fingerprint density at radius 2 is 1.93 bits per heavy atom. The van der Waals surface area contributed by atoms with E-state index in [2.05, 4.69) is 0 Å². The van der Waals surface area contributed by atoms with Crippen LogP contribution >= 0.6 is 0 Å². The number of rotatable bonds is 2. The monoisotopic (exact) mass is 204 g/mol. The Hall–Kier alpha value is -1.77. The van der Waals surface area contributed by atoms with Gasteiger partial charge in [-0.15, -0.1) is 0 Å². The molecule has 2 heterocycles. The summed E-state index contributed by atoms with van der Waals surface area (Å²) in [5.41, 5.74) is 1.50. The summed E-state index contributed by atoms with van der Waals surface area (Å²) in [4.78, 5) is 12.0. The molecule has 3 nitrogen and oxygen atoms in total. The SMILES string of the molecule is Cc1oc(C)c(C(=O)c2ccco2)c1C. The summed E-state index contributed by atoms with van der Waals surface area (Å²) in [6, 6.07) is 3.36. The summed E-state index contributed by atoms with van der Waals surface area (Å²) in [6.07, 6.45) is 1.49. The summed E-state index contributed by atoms with van der Waals surface area (Å²) in [7, 11) is 0. The molecule has 15 heavy (non-hydrogen) atoms. The van der Waals surface area contributed by atoms with Crippen LogP contribution in [-0.2, 0) is 0 Å². The summed E-state index contributed by atoms with van der Waals surface area (Å²) in [5, 5.41) is 0. The number of carbonyl (C=O) groups is 1. The molecule has 78 valence electrons. The summed E-state index contributed by atoms with van der Waals surface area (Å²) in [5.74, 6) is 1.66. The summed E-state index contributed by atoms with van der Waals surface area (Å²) in [6.45, 7) is 5.51. The molecule has 0 atom stereocenters. The Morgan fingerprint density at radius 1 is 1.20 bits per heavy atom. The minimum absolute atomic E-state index is 0.119. The van der Waals surface area contributed by atoms with Crippen LogP contribution in [0.1, 0.15) is 33.2 Å². The summed E-state index contributed by atoms with van der Waals surface area (Å²) < 4.78 is 10.5. The third-order valence-corrected chi connectivity index (χ3v) is 2.53. The molecular weight excluding hydrogens is 192 g/mol. The molecule has 0 radical (unpaired) electrons. The first-order valence-electron chi connectivity index (χ1n) is 4.76. The van der Waals surface area contributed by atoms with E-state index in [0.29, 0.717) is 17.1 Å². The van der Waals surface area contributed by atoms with Crippen LogP contribution in [0.2, 0.25) is 0 Å². The van der Waals surface area contributed by atoms with E-state index in [1.54, 1.807) is 19.1 Å². The van der Waals surface area contributed by atoms with Crippen LogP contribution in [0, 0.1) is 20.8 Å². The maximum absolute atomic E-state index is 12.0. The lowest BCUT2D eigenvalue weighted by Gasteiger charge is -1.96. The lowest BCUT2D eigenvalue weighted by atomic mass is 10.0. The Balaban J connectivity index is 2.51. The zero-order valence-corrected chi connectivity index (χ0v) is 8.96. The molecule has 0 aliphatic heterocycles. The van der Waals surface area contributed by atoms with Crippen molar-refractivity contribution in [1.29, 1.82) is 0 Å². The number of hydrogen-bond donors (Lipinski definition) is 0. The highest BCUT2D eigenvalue weighted by Gasteiger charge is 2.21. The van der Waals surface area contributed by atoms with Crippen molar-refractivity contribution in [2.45, 2.75) is 20.8 Å². The third-order valence-electron chi connectivity index (χ3n) is 2.53. The van der Waals surface area contributed by atoms with Crippen molar-refractivity contribution < 1.29 is 13.6 Å². The molecule has 0 bridgehead atoms. The molecule has 0 saturated carbocycles. The van der Waals surface area contributed by atoms with Gasteiger partial charge in [0.1, 0.15) is 11.5 Å². The Kier molecular flexibility index (Phi) is 2.23. The topological polar surface area (TPSA) is 43.4 Å². The van der Waals surface area contributed by atoms with Crippen LogP contribution in [0.25, 0.3) is 0 Å². The third kappa shape index (κ3) is 1.50. The minimum Gasteiger partial charge on any atom is -0.466 e. The number of carbonyl (C=O) groups excluding carboxylic acids is 1. The molecular formula is C12H12O3. The standard InChI is InChI=1S/C12H12O3/c1-7-8(2)15-9(3)11(7)12(13)10-5-4-6-14-10/h4-6H,1-3H3. The van der Waals surface area contributed by atoms with Gasteiger partial charge >= 0.3 is 0 Å². The minimum atomic E-state index is -0.119. The van der Waals surface area contributed by atoms with Gasteiger partial charge in [-0.1, -0.05) is 0 Å². The second-order valence-corrected chi connectivity index (χ2v) is 3.52. The Morgan fingerprint density at radius 3 is 2.40 bits per heavy atom. The lowest BCUT2D eigenvalue weighted by Crippen LogP contribution is -2.01. The molecule has 2 aromatic heterocycles. The van der Waals surface area contributed by atoms with Crippen LogP contribution in [0.4, 0.5) is 0 Å². The van der Waals surface area contributed by atoms with Crippen molar-refractivity contribution in [3.05, 3.63) is 46.8 Å². The Labute approximate surface area is 87.7 Å². The average molecular weight is 204 g/mol. The smallest absolute Gasteiger partial charge is 0.231 e. The van der Waals surface area contributed by atoms with Crippen LogP contribution in [0.3, 0.4) is 0 Å². The quantitative estimate of drug-likeness (QED) is 0.706. The van der Waals surface area contributed by atoms with Gasteiger partial charge in [0.15, 0.2) is 5.76 Å². The van der Waals surface area contributed by atoms with Gasteiger partial charge < -0.3 is 8.83 Å². The fourth-order valence-corrected chi connectivity index (χ4v) is 1.66. The van der Waals surface area contributed by atoms with Crippen molar-refractivity contribution in [2.24, 2.45) is 0 Å². The molecule has 0 fully saturated rings. The predicted octanol–water partition coefficient (Wildman–Crippen LogP) is 3.03. The van der Waals surface area contributed by atoms with Crippen LogP contribution in [-0.4, -0.2) is 5.78 Å². The molecule has 0 saturated heterocycles. The van der Waals surface area contributed by atoms with Gasteiger partial charge in [0.2, 0.25) is 5.78 Å². The molecule has 0 aliphatic carbocycles. The first-order valence-corrected chi connectivity index (χ1v) is 4.76. The number of ketones is 1. The van der Waals surface area contributed by atoms with Crippen LogP contribution in [0.5, 0.6) is 0 Å². The van der Waals surface area contributed by atoms with Gasteiger partial charge in [0.25, 0.3) is 0 Å². The second-order valence-electron chi connectivity index (χ2n) is 3.52. The van der Waals surface area contributed by atoms with Gasteiger partial charge in [-0.25, -0.2) is 0 Å². The normalized spacial score (nSPS) is 10.6. The van der Waals surface area contributed by atoms with Crippen LogP contribution < -0.4 is 0 Å². The van der Waals surface area contributed by atoms with Crippen molar-refractivity contribution in [2.75, 3.05) is 0 Å². The maximum Gasteiger partial charge on any atom is 0.231 e. The van der Waals surface area contributed by atoms with E-state index in [1.807, 2.05) is 13.8 Å². The van der Waals surface area contributed by atoms with Gasteiger partial charge in [0, 0.05) is 5.56 Å². The molecule has 2 aromatic rings. The van der Waals surface area contributed by atoms with E-state index in [4.69, 9.17) is 8.83 Å². The molecule has 0 aromatic carbocycles. The van der Waals surface area contributed by atoms with Gasteiger partial charge in [-0.2, -0.15) is 0 Å². The molecule has 0 aliphatic rings. The van der Waals surface area contributed by atoms with E-state index in [0.717, 1.165) is 11.3 Å². The highest BCUT2D eigenvalue weighted by molar-refractivity contribution is 6.08. The van der Waals surface area contributed by atoms with E-state index in [-0.39, 0.29) is 5.78 Å². The highest BCUT2D eigenvalue weighted by atomic mass is 16.3. The first-order chi connectivity index (χ1) is 7.11. The molecule has 0 unspecified atom stereocenters. The average Bonchev–Trinajstić information content (AvgIpc) is 2.76. The van der Waals surface area contributed by atoms with E-state index >= 15 is 0 Å². The van der Waals surface area contributed by atoms with Crippen LogP contribution in [0.15, 0.2) is 27.2 Å². The maximum atomic E-state index is 12.0. The first kappa shape index (κ1) is 9.77. The molecule has 0 spiro atoms. The van der Waals surface area contributed by atoms with Gasteiger partial charge in [-0.05, 0) is 32.9 Å². The van der Waals surface area contributed by atoms with Crippen molar-refractivity contribution in [3.63, 3.8) is 0 Å². The number of furan rings is 2.